The monoisotopic (exact) mass is 666 g/mol. The predicted octanol–water partition coefficient (Wildman–Crippen LogP) is 6.69. The molecule has 0 aromatic heterocycles. The summed E-state index contributed by atoms with van der Waals surface area (Å²) in [6.07, 6.45) is 0. The van der Waals surface area contributed by atoms with Crippen molar-refractivity contribution in [1.82, 2.24) is 10.0 Å². The molecule has 0 spiro atoms. The maximum absolute atomic E-state index is 14.5. The molecule has 1 saturated heterocycles. The molecular formula is C40H27ClN2O6. The number of ketones is 1. The van der Waals surface area contributed by atoms with E-state index in [1.165, 1.54) is 36.4 Å². The van der Waals surface area contributed by atoms with E-state index >= 15 is 0 Å². The number of hydrogen-bond donors (Lipinski definition) is 0. The highest BCUT2D eigenvalue weighted by Crippen LogP contribution is 2.61. The Kier molecular flexibility index (Phi) is 7.45. The third kappa shape index (κ3) is 4.95. The van der Waals surface area contributed by atoms with Crippen LogP contribution in [-0.4, -0.2) is 46.0 Å². The summed E-state index contributed by atoms with van der Waals surface area (Å²) in [5.74, 6) is -4.97. The molecule has 0 saturated carbocycles. The third-order valence-electron chi connectivity index (χ3n) is 9.70. The molecule has 8 nitrogen and oxygen atoms in total. The molecule has 0 radical (unpaired) electrons. The van der Waals surface area contributed by atoms with Crippen molar-refractivity contribution in [2.24, 2.45) is 11.8 Å². The van der Waals surface area contributed by atoms with Crippen LogP contribution >= 0.6 is 11.6 Å². The number of esters is 1. The van der Waals surface area contributed by atoms with Gasteiger partial charge in [-0.05, 0) is 70.8 Å². The number of halogens is 1. The largest absolute Gasteiger partial charge is 0.423 e. The molecular weight excluding hydrogens is 640 g/mol. The average molecular weight is 667 g/mol. The molecule has 2 atom stereocenters. The van der Waals surface area contributed by atoms with Gasteiger partial charge in [0.1, 0.15) is 12.3 Å². The molecule has 5 aromatic carbocycles. The first kappa shape index (κ1) is 30.5. The maximum atomic E-state index is 14.5. The fraction of sp³-hybridized carbons (Fsp3) is 0.125. The molecule has 49 heavy (non-hydrogen) atoms. The average Bonchev–Trinajstić information content (AvgIpc) is 3.40. The number of ether oxygens (including phenoxy) is 1. The van der Waals surface area contributed by atoms with Crippen LogP contribution in [0.2, 0.25) is 5.02 Å². The Morgan fingerprint density at radius 3 is 1.63 bits per heavy atom. The lowest BCUT2D eigenvalue weighted by atomic mass is 9.55. The van der Waals surface area contributed by atoms with Crippen molar-refractivity contribution < 1.29 is 28.7 Å². The van der Waals surface area contributed by atoms with Gasteiger partial charge in [-0.3, -0.25) is 19.2 Å². The smallest absolute Gasteiger partial charge is 0.343 e. The summed E-state index contributed by atoms with van der Waals surface area (Å²) in [5.41, 5.74) is 4.56. The van der Waals surface area contributed by atoms with E-state index in [0.29, 0.717) is 5.56 Å². The van der Waals surface area contributed by atoms with E-state index in [9.17, 15) is 24.0 Å². The van der Waals surface area contributed by atoms with E-state index in [1.807, 2.05) is 48.5 Å². The highest BCUT2D eigenvalue weighted by molar-refractivity contribution is 6.34. The molecule has 1 fully saturated rings. The number of carbonyl (C=O) groups excluding carboxylic acids is 5. The van der Waals surface area contributed by atoms with E-state index in [-0.39, 0.29) is 33.7 Å². The summed E-state index contributed by atoms with van der Waals surface area (Å²) in [5, 5.41) is 1.93. The van der Waals surface area contributed by atoms with Crippen molar-refractivity contribution in [2.45, 2.75) is 11.8 Å². The number of Topliss-reactive ketones (excluding diaryl/α,β-unsaturated/α-hetero) is 1. The minimum Gasteiger partial charge on any atom is -0.423 e. The van der Waals surface area contributed by atoms with E-state index in [2.05, 4.69) is 0 Å². The summed E-state index contributed by atoms with van der Waals surface area (Å²) in [6.45, 7) is -0.612. The van der Waals surface area contributed by atoms with Crippen LogP contribution in [0.15, 0.2) is 127 Å². The van der Waals surface area contributed by atoms with E-state index in [4.69, 9.17) is 16.3 Å². The molecule has 1 heterocycles. The van der Waals surface area contributed by atoms with Gasteiger partial charge in [-0.1, -0.05) is 90.5 Å². The Bertz CT molecular complexity index is 2070. The van der Waals surface area contributed by atoms with Crippen LogP contribution in [0.5, 0.6) is 5.75 Å². The fourth-order valence-corrected chi connectivity index (χ4v) is 7.80. The molecule has 4 aliphatic rings. The number of carbonyl (C=O) groups is 5. The predicted molar refractivity (Wildman–Crippen MR) is 180 cm³/mol. The van der Waals surface area contributed by atoms with E-state index in [0.717, 1.165) is 32.3 Å². The third-order valence-corrected chi connectivity index (χ3v) is 10.0. The van der Waals surface area contributed by atoms with Gasteiger partial charge >= 0.3 is 5.97 Å². The van der Waals surface area contributed by atoms with Crippen LogP contribution in [0.4, 0.5) is 0 Å². The quantitative estimate of drug-likeness (QED) is 0.0830. The van der Waals surface area contributed by atoms with Crippen LogP contribution in [-0.2, 0) is 9.59 Å². The zero-order valence-electron chi connectivity index (χ0n) is 25.9. The Morgan fingerprint density at radius 2 is 1.10 bits per heavy atom. The number of amides is 3. The van der Waals surface area contributed by atoms with Gasteiger partial charge in [0.15, 0.2) is 5.78 Å². The molecule has 240 valence electrons. The zero-order valence-corrected chi connectivity index (χ0v) is 26.6. The molecule has 2 bridgehead atoms. The van der Waals surface area contributed by atoms with Gasteiger partial charge in [0.2, 0.25) is 0 Å². The van der Waals surface area contributed by atoms with E-state index in [1.54, 1.807) is 42.5 Å². The summed E-state index contributed by atoms with van der Waals surface area (Å²) < 4.78 is 5.44. The van der Waals surface area contributed by atoms with Crippen LogP contribution in [0, 0.1) is 11.8 Å². The van der Waals surface area contributed by atoms with Crippen LogP contribution in [0.3, 0.4) is 0 Å². The molecule has 3 amide bonds. The molecule has 1 aliphatic heterocycles. The van der Waals surface area contributed by atoms with Gasteiger partial charge in [0.05, 0.1) is 28.0 Å². The summed E-state index contributed by atoms with van der Waals surface area (Å²) in [6, 6.07) is 36.4. The Morgan fingerprint density at radius 1 is 0.612 bits per heavy atom. The van der Waals surface area contributed by atoms with Crippen molar-refractivity contribution in [1.29, 1.82) is 0 Å². The van der Waals surface area contributed by atoms with Crippen LogP contribution in [0.25, 0.3) is 0 Å². The number of hydrazine groups is 1. The van der Waals surface area contributed by atoms with Gasteiger partial charge in [0.25, 0.3) is 17.7 Å². The summed E-state index contributed by atoms with van der Waals surface area (Å²) in [4.78, 5) is 69.6. The number of hydrogen-bond acceptors (Lipinski definition) is 6. The van der Waals surface area contributed by atoms with Gasteiger partial charge in [-0.15, -0.1) is 0 Å². The van der Waals surface area contributed by atoms with Crippen LogP contribution < -0.4 is 4.74 Å². The maximum Gasteiger partial charge on any atom is 0.343 e. The number of benzene rings is 5. The minimum absolute atomic E-state index is 0.0464. The molecule has 0 N–H and O–H groups in total. The lowest BCUT2D eigenvalue weighted by Crippen LogP contribution is -2.52. The van der Waals surface area contributed by atoms with E-state index < -0.39 is 47.9 Å². The number of imide groups is 1. The van der Waals surface area contributed by atoms with Crippen molar-refractivity contribution in [2.75, 3.05) is 6.54 Å². The Labute approximate surface area is 286 Å². The first-order valence-electron chi connectivity index (χ1n) is 15.9. The second-order valence-electron chi connectivity index (χ2n) is 12.3. The zero-order chi connectivity index (χ0) is 33.8. The molecule has 9 rings (SSSR count). The second-order valence-corrected chi connectivity index (χ2v) is 12.7. The van der Waals surface area contributed by atoms with Crippen LogP contribution in [0.1, 0.15) is 65.2 Å². The van der Waals surface area contributed by atoms with Gasteiger partial charge in [-0.25, -0.2) is 9.80 Å². The van der Waals surface area contributed by atoms with Crippen molar-refractivity contribution in [3.63, 3.8) is 0 Å². The Balaban J connectivity index is 1.13. The molecule has 0 unspecified atom stereocenters. The summed E-state index contributed by atoms with van der Waals surface area (Å²) in [7, 11) is 0. The normalized spacial score (nSPS) is 19.9. The SMILES string of the molecule is O=C(CN(C(=O)c1ccccc1Cl)N1C(=O)[C@@H]2C3c4ccccc4C(c4ccccc43)[C@@H]2C1=O)c1ccc(OC(=O)c2ccccc2)cc1. The van der Waals surface area contributed by atoms with Gasteiger partial charge in [-0.2, -0.15) is 5.01 Å². The molecule has 3 aliphatic carbocycles. The Hall–Kier alpha value is -5.86. The number of rotatable bonds is 7. The van der Waals surface area contributed by atoms with Crippen molar-refractivity contribution >= 4 is 41.1 Å². The lowest BCUT2D eigenvalue weighted by molar-refractivity contribution is -0.154. The van der Waals surface area contributed by atoms with Crippen molar-refractivity contribution in [3.8, 4) is 5.75 Å². The summed E-state index contributed by atoms with van der Waals surface area (Å²) >= 11 is 6.44. The van der Waals surface area contributed by atoms with Gasteiger partial charge < -0.3 is 4.74 Å². The lowest BCUT2D eigenvalue weighted by Gasteiger charge is -2.45. The molecule has 9 heteroatoms. The highest BCUT2D eigenvalue weighted by Gasteiger charge is 2.63. The molecule has 5 aromatic rings. The topological polar surface area (TPSA) is 101 Å². The highest BCUT2D eigenvalue weighted by atomic mass is 35.5. The fourth-order valence-electron chi connectivity index (χ4n) is 7.58. The number of nitrogens with zero attached hydrogens (tertiary/aromatic N) is 2. The minimum atomic E-state index is -0.755. The van der Waals surface area contributed by atoms with Gasteiger partial charge in [0, 0.05) is 17.4 Å². The standard InChI is InChI=1S/C40H27ClN2O6/c41-31-17-9-8-16-30(31)37(45)42(22-32(44)23-18-20-25(21-19-23)49-40(48)24-10-2-1-3-11-24)43-38(46)35-33-26-12-4-5-13-27(26)34(36(35)39(43)47)29-15-7-6-14-28(29)33/h1-21,33-36H,22H2/t33?,34?,35-,36+. The first-order valence-corrected chi connectivity index (χ1v) is 16.2. The first-order chi connectivity index (χ1) is 23.8. The van der Waals surface area contributed by atoms with Crippen molar-refractivity contribution in [3.05, 3.63) is 171 Å². The second kappa shape index (κ2) is 12.0.